The van der Waals surface area contributed by atoms with Crippen LogP contribution < -0.4 is 4.90 Å². The van der Waals surface area contributed by atoms with Gasteiger partial charge in [0.05, 0.1) is 11.0 Å². The molecule has 1 amide bonds. The Balaban J connectivity index is 1.48. The smallest absolute Gasteiger partial charge is 0.282 e. The molecule has 2 fully saturated rings. The fourth-order valence-electron chi connectivity index (χ4n) is 4.15. The fraction of sp³-hybridized carbons (Fsp3) is 0.550. The van der Waals surface area contributed by atoms with Crippen molar-refractivity contribution in [1.82, 2.24) is 19.9 Å². The van der Waals surface area contributed by atoms with Gasteiger partial charge in [0.1, 0.15) is 5.56 Å². The summed E-state index contributed by atoms with van der Waals surface area (Å²) in [7, 11) is 0. The lowest BCUT2D eigenvalue weighted by atomic mass is 10.1. The summed E-state index contributed by atoms with van der Waals surface area (Å²) < 4.78 is 5.29. The highest BCUT2D eigenvalue weighted by Crippen LogP contribution is 2.29. The van der Waals surface area contributed by atoms with Gasteiger partial charge in [0, 0.05) is 51.0 Å². The van der Waals surface area contributed by atoms with Gasteiger partial charge in [-0.1, -0.05) is 5.16 Å². The normalized spacial score (nSPS) is 18.6. The average Bonchev–Trinajstić information content (AvgIpc) is 3.44. The highest BCUT2D eigenvalue weighted by Gasteiger charge is 2.29. The second kappa shape index (κ2) is 8.39. The van der Waals surface area contributed by atoms with Crippen molar-refractivity contribution in [2.24, 2.45) is 0 Å². The summed E-state index contributed by atoms with van der Waals surface area (Å²) in [5.74, 6) is 0.978. The Kier molecular flexibility index (Phi) is 5.67. The molecule has 0 aliphatic carbocycles. The number of anilines is 1. The number of piperazine rings is 1. The van der Waals surface area contributed by atoms with Gasteiger partial charge in [-0.25, -0.2) is 0 Å². The van der Waals surface area contributed by atoms with Crippen molar-refractivity contribution in [2.45, 2.75) is 32.7 Å². The molecule has 10 heteroatoms. The first kappa shape index (κ1) is 20.3. The molecule has 4 rings (SSSR count). The van der Waals surface area contributed by atoms with Gasteiger partial charge in [-0.15, -0.1) is 0 Å². The molecule has 160 valence electrons. The van der Waals surface area contributed by atoms with Crippen LogP contribution in [0.5, 0.6) is 0 Å². The molecule has 1 unspecified atom stereocenters. The summed E-state index contributed by atoms with van der Waals surface area (Å²) in [6, 6.07) is 4.89. The second-order valence-electron chi connectivity index (χ2n) is 7.84. The van der Waals surface area contributed by atoms with Gasteiger partial charge in [-0.05, 0) is 38.8 Å². The first-order valence-electron chi connectivity index (χ1n) is 10.3. The zero-order chi connectivity index (χ0) is 21.3. The molecule has 0 saturated carbocycles. The summed E-state index contributed by atoms with van der Waals surface area (Å²) in [4.78, 5) is 34.3. The molecule has 2 aromatic rings. The molecule has 10 nitrogen and oxygen atoms in total. The van der Waals surface area contributed by atoms with Crippen LogP contribution in [0.3, 0.4) is 0 Å². The van der Waals surface area contributed by atoms with Crippen LogP contribution >= 0.6 is 0 Å². The Morgan fingerprint density at radius 3 is 2.47 bits per heavy atom. The third kappa shape index (κ3) is 4.00. The van der Waals surface area contributed by atoms with Crippen LogP contribution in [0.4, 0.5) is 11.4 Å². The number of nitro groups is 1. The number of amides is 1. The molecule has 0 spiro atoms. The number of likely N-dealkylation sites (tertiary alicyclic amines) is 1. The van der Waals surface area contributed by atoms with Crippen molar-refractivity contribution >= 4 is 17.3 Å². The van der Waals surface area contributed by atoms with E-state index in [9.17, 15) is 14.9 Å². The highest BCUT2D eigenvalue weighted by molar-refractivity contribution is 5.99. The summed E-state index contributed by atoms with van der Waals surface area (Å²) in [6.45, 7) is 8.22. The SMILES string of the molecule is Cc1noc(C(C)N2CCN(c3ccc([N+](=O)[O-])c(C(=O)N4CCCC4)c3)CC2)n1. The first-order chi connectivity index (χ1) is 14.4. The molecular formula is C20H26N6O4. The van der Waals surface area contributed by atoms with Crippen molar-refractivity contribution in [3.63, 3.8) is 0 Å². The van der Waals surface area contributed by atoms with Crippen molar-refractivity contribution in [3.05, 3.63) is 45.6 Å². The number of hydrogen-bond acceptors (Lipinski definition) is 8. The lowest BCUT2D eigenvalue weighted by molar-refractivity contribution is -0.385. The minimum Gasteiger partial charge on any atom is -0.369 e. The molecule has 2 saturated heterocycles. The summed E-state index contributed by atoms with van der Waals surface area (Å²) >= 11 is 0. The highest BCUT2D eigenvalue weighted by atomic mass is 16.6. The molecule has 2 aliphatic rings. The van der Waals surface area contributed by atoms with Gasteiger partial charge < -0.3 is 14.3 Å². The number of carbonyl (C=O) groups is 1. The van der Waals surface area contributed by atoms with Crippen LogP contribution in [0.2, 0.25) is 0 Å². The summed E-state index contributed by atoms with van der Waals surface area (Å²) in [6.07, 6.45) is 1.89. The molecular weight excluding hydrogens is 388 g/mol. The van der Waals surface area contributed by atoms with Gasteiger partial charge >= 0.3 is 0 Å². The number of benzene rings is 1. The number of hydrogen-bond donors (Lipinski definition) is 0. The molecule has 0 bridgehead atoms. The second-order valence-corrected chi connectivity index (χ2v) is 7.84. The number of aromatic nitrogens is 2. The summed E-state index contributed by atoms with van der Waals surface area (Å²) in [5.41, 5.74) is 0.885. The number of rotatable bonds is 5. The van der Waals surface area contributed by atoms with Crippen molar-refractivity contribution < 1.29 is 14.2 Å². The predicted octanol–water partition coefficient (Wildman–Crippen LogP) is 2.41. The maximum atomic E-state index is 12.9. The Hall–Kier alpha value is -3.01. The van der Waals surface area contributed by atoms with Gasteiger partial charge in [-0.3, -0.25) is 19.8 Å². The summed E-state index contributed by atoms with van der Waals surface area (Å²) in [5, 5.41) is 15.3. The Bertz CT molecular complexity index is 931. The molecule has 1 aromatic carbocycles. The van der Waals surface area contributed by atoms with Crippen LogP contribution in [0, 0.1) is 17.0 Å². The van der Waals surface area contributed by atoms with E-state index in [1.165, 1.54) is 6.07 Å². The maximum Gasteiger partial charge on any atom is 0.282 e. The van der Waals surface area contributed by atoms with Gasteiger partial charge in [0.2, 0.25) is 5.89 Å². The minimum atomic E-state index is -0.473. The molecule has 1 aromatic heterocycles. The zero-order valence-electron chi connectivity index (χ0n) is 17.3. The minimum absolute atomic E-state index is 0.0255. The van der Waals surface area contributed by atoms with E-state index in [1.54, 1.807) is 24.0 Å². The Labute approximate surface area is 174 Å². The quantitative estimate of drug-likeness (QED) is 0.542. The number of nitro benzene ring substituents is 1. The molecule has 3 heterocycles. The third-order valence-electron chi connectivity index (χ3n) is 5.93. The van der Waals surface area contributed by atoms with Crippen molar-refractivity contribution in [3.8, 4) is 0 Å². The van der Waals surface area contributed by atoms with E-state index in [-0.39, 0.29) is 23.2 Å². The average molecular weight is 414 g/mol. The van der Waals surface area contributed by atoms with Crippen LogP contribution in [0.25, 0.3) is 0 Å². The van der Waals surface area contributed by atoms with Crippen molar-refractivity contribution in [1.29, 1.82) is 0 Å². The van der Waals surface area contributed by atoms with Gasteiger partial charge in [-0.2, -0.15) is 4.98 Å². The Morgan fingerprint density at radius 1 is 1.17 bits per heavy atom. The standard InChI is InChI=1S/C20H26N6O4/c1-14(19-21-15(2)22-30-19)23-9-11-24(12-10-23)16-5-6-18(26(28)29)17(13-16)20(27)25-7-3-4-8-25/h5-6,13-14H,3-4,7-12H2,1-2H3. The number of nitrogens with zero attached hydrogens (tertiary/aromatic N) is 6. The van der Waals surface area contributed by atoms with Crippen LogP contribution in [-0.4, -0.2) is 70.0 Å². The zero-order valence-corrected chi connectivity index (χ0v) is 17.3. The van der Waals surface area contributed by atoms with E-state index >= 15 is 0 Å². The largest absolute Gasteiger partial charge is 0.369 e. The molecule has 2 aliphatic heterocycles. The molecule has 1 atom stereocenters. The molecule has 30 heavy (non-hydrogen) atoms. The van der Waals surface area contributed by atoms with Gasteiger partial charge in [0.15, 0.2) is 5.82 Å². The fourth-order valence-corrected chi connectivity index (χ4v) is 4.15. The van der Waals surface area contributed by atoms with E-state index in [0.717, 1.165) is 44.7 Å². The van der Waals surface area contributed by atoms with Crippen LogP contribution in [-0.2, 0) is 0 Å². The van der Waals surface area contributed by atoms with E-state index < -0.39 is 4.92 Å². The van der Waals surface area contributed by atoms with E-state index in [2.05, 4.69) is 19.9 Å². The third-order valence-corrected chi connectivity index (χ3v) is 5.93. The van der Waals surface area contributed by atoms with E-state index in [0.29, 0.717) is 24.8 Å². The maximum absolute atomic E-state index is 12.9. The van der Waals surface area contributed by atoms with E-state index in [1.807, 2.05) is 6.92 Å². The lowest BCUT2D eigenvalue weighted by Crippen LogP contribution is -2.47. The first-order valence-corrected chi connectivity index (χ1v) is 10.3. The van der Waals surface area contributed by atoms with Gasteiger partial charge in [0.25, 0.3) is 11.6 Å². The number of aryl methyl sites for hydroxylation is 1. The van der Waals surface area contributed by atoms with Crippen LogP contribution in [0.15, 0.2) is 22.7 Å². The number of carbonyl (C=O) groups excluding carboxylic acids is 1. The van der Waals surface area contributed by atoms with Crippen LogP contribution in [0.1, 0.15) is 47.9 Å². The molecule has 0 N–H and O–H groups in total. The Morgan fingerprint density at radius 2 is 1.87 bits per heavy atom. The predicted molar refractivity (Wildman–Crippen MR) is 109 cm³/mol. The van der Waals surface area contributed by atoms with E-state index in [4.69, 9.17) is 4.52 Å². The topological polar surface area (TPSA) is 109 Å². The lowest BCUT2D eigenvalue weighted by Gasteiger charge is -2.38. The molecule has 0 radical (unpaired) electrons. The van der Waals surface area contributed by atoms with Crippen molar-refractivity contribution in [2.75, 3.05) is 44.2 Å². The monoisotopic (exact) mass is 414 g/mol.